The predicted molar refractivity (Wildman–Crippen MR) is 178 cm³/mol. The number of hydrogen-bond acceptors (Lipinski definition) is 6. The van der Waals surface area contributed by atoms with Crippen molar-refractivity contribution in [2.75, 3.05) is 0 Å². The van der Waals surface area contributed by atoms with Crippen LogP contribution in [-0.2, 0) is 9.59 Å². The van der Waals surface area contributed by atoms with Gasteiger partial charge in [-0.1, -0.05) is 181 Å². The first-order valence-electron chi connectivity index (χ1n) is 18.1. The molecule has 0 radical (unpaired) electrons. The molecule has 2 unspecified atom stereocenters. The minimum Gasteiger partial charge on any atom is -0.550 e. The van der Waals surface area contributed by atoms with Crippen molar-refractivity contribution in [2.45, 2.75) is 219 Å². The number of hydrogen-bond donors (Lipinski definition) is 2. The van der Waals surface area contributed by atoms with Crippen LogP contribution in [-0.4, -0.2) is 72.1 Å². The van der Waals surface area contributed by atoms with Crippen molar-refractivity contribution < 1.29 is 30.0 Å². The second kappa shape index (κ2) is 40.1. The maximum absolute atomic E-state index is 10.3. The van der Waals surface area contributed by atoms with Gasteiger partial charge < -0.3 is 30.0 Å². The standard InChI is InChI=1S/2C18H36O3.Ca/c2*1-2-3-4-5-6-7-8-9-10-11-12-13-14-15-17(19)16-18(20)21;/h2*17,19H,2-16H2,1H3,(H,20,21);/q;;+2/p-2. The zero-order valence-corrected chi connectivity index (χ0v) is 30.8. The van der Waals surface area contributed by atoms with E-state index in [0.29, 0.717) is 12.8 Å². The fourth-order valence-corrected chi connectivity index (χ4v) is 5.38. The second-order valence-electron chi connectivity index (χ2n) is 12.5. The van der Waals surface area contributed by atoms with E-state index < -0.39 is 24.1 Å². The van der Waals surface area contributed by atoms with E-state index in [9.17, 15) is 30.0 Å². The molecule has 0 aromatic rings. The normalized spacial score (nSPS) is 12.2. The van der Waals surface area contributed by atoms with E-state index in [1.54, 1.807) is 0 Å². The van der Waals surface area contributed by atoms with Crippen LogP contribution in [0.25, 0.3) is 0 Å². The molecule has 0 saturated heterocycles. The Balaban J connectivity index is -0.000000727. The van der Waals surface area contributed by atoms with Gasteiger partial charge in [-0.2, -0.15) is 0 Å². The van der Waals surface area contributed by atoms with E-state index in [2.05, 4.69) is 13.8 Å². The van der Waals surface area contributed by atoms with Crippen LogP contribution >= 0.6 is 0 Å². The molecule has 2 N–H and O–H groups in total. The van der Waals surface area contributed by atoms with Gasteiger partial charge in [0.15, 0.2) is 0 Å². The molecule has 0 aliphatic heterocycles. The van der Waals surface area contributed by atoms with Gasteiger partial charge in [-0.05, 0) is 12.8 Å². The molecule has 0 amide bonds. The maximum atomic E-state index is 10.3. The Morgan fingerprint density at radius 3 is 0.791 bits per heavy atom. The molecule has 0 aliphatic rings. The number of carboxylic acids is 2. The quantitative estimate of drug-likeness (QED) is 0.0580. The average Bonchev–Trinajstić information content (AvgIpc) is 2.93. The van der Waals surface area contributed by atoms with E-state index >= 15 is 0 Å². The van der Waals surface area contributed by atoms with Crippen LogP contribution in [0, 0.1) is 0 Å². The third-order valence-corrected chi connectivity index (χ3v) is 8.09. The third-order valence-electron chi connectivity index (χ3n) is 8.09. The van der Waals surface area contributed by atoms with Gasteiger partial charge in [-0.15, -0.1) is 0 Å². The van der Waals surface area contributed by atoms with Gasteiger partial charge in [0.25, 0.3) is 0 Å². The average molecular weight is 639 g/mol. The number of aliphatic hydroxyl groups is 2. The van der Waals surface area contributed by atoms with Gasteiger partial charge in [-0.25, -0.2) is 0 Å². The number of carbonyl (C=O) groups excluding carboxylic acids is 2. The summed E-state index contributed by atoms with van der Waals surface area (Å²) in [6.45, 7) is 4.51. The van der Waals surface area contributed by atoms with Crippen LogP contribution in [0.15, 0.2) is 0 Å². The van der Waals surface area contributed by atoms with Crippen LogP contribution in [0.4, 0.5) is 0 Å². The summed E-state index contributed by atoms with van der Waals surface area (Å²) in [5.41, 5.74) is 0. The summed E-state index contributed by atoms with van der Waals surface area (Å²) >= 11 is 0. The molecular formula is C36H70CaO6. The van der Waals surface area contributed by atoms with Gasteiger partial charge >= 0.3 is 37.7 Å². The monoisotopic (exact) mass is 638 g/mol. The smallest absolute Gasteiger partial charge is 0.550 e. The number of aliphatic hydroxyl groups excluding tert-OH is 2. The molecule has 43 heavy (non-hydrogen) atoms. The van der Waals surface area contributed by atoms with Crippen molar-refractivity contribution in [1.29, 1.82) is 0 Å². The third kappa shape index (κ3) is 46.7. The summed E-state index contributed by atoms with van der Waals surface area (Å²) in [4.78, 5) is 20.5. The Morgan fingerprint density at radius 2 is 0.605 bits per heavy atom. The first-order chi connectivity index (χ1) is 20.3. The second-order valence-corrected chi connectivity index (χ2v) is 12.5. The van der Waals surface area contributed by atoms with E-state index in [4.69, 9.17) is 0 Å². The summed E-state index contributed by atoms with van der Waals surface area (Å²) in [6, 6.07) is 0. The Morgan fingerprint density at radius 1 is 0.419 bits per heavy atom. The molecule has 0 aromatic heterocycles. The number of aliphatic carboxylic acids is 2. The van der Waals surface area contributed by atoms with E-state index in [0.717, 1.165) is 25.7 Å². The number of carboxylic acid groups (broad SMARTS) is 2. The molecule has 0 aromatic carbocycles. The SMILES string of the molecule is CCCCCCCCCCCCCCCC(O)CC(=O)[O-].CCCCCCCCCCCCCCCC(O)CC(=O)[O-].[Ca+2]. The molecule has 7 heteroatoms. The Kier molecular flexibility index (Phi) is 44.4. The minimum absolute atomic E-state index is 0. The number of unbranched alkanes of at least 4 members (excludes halogenated alkanes) is 24. The van der Waals surface area contributed by atoms with E-state index in [1.807, 2.05) is 0 Å². The Bertz CT molecular complexity index is 512. The summed E-state index contributed by atoms with van der Waals surface area (Å²) in [5.74, 6) is -2.31. The van der Waals surface area contributed by atoms with Crippen LogP contribution in [0.2, 0.25) is 0 Å². The summed E-state index contributed by atoms with van der Waals surface area (Å²) < 4.78 is 0. The fraction of sp³-hybridized carbons (Fsp3) is 0.944. The molecule has 2 atom stereocenters. The first kappa shape index (κ1) is 47.5. The molecule has 0 heterocycles. The van der Waals surface area contributed by atoms with Crippen molar-refractivity contribution in [3.63, 3.8) is 0 Å². The Hall–Kier alpha value is 0.120. The van der Waals surface area contributed by atoms with Crippen molar-refractivity contribution in [3.05, 3.63) is 0 Å². The molecule has 0 spiro atoms. The summed E-state index contributed by atoms with van der Waals surface area (Å²) in [6.07, 6.45) is 33.0. The van der Waals surface area contributed by atoms with Gasteiger partial charge in [0, 0.05) is 24.8 Å². The molecule has 0 rings (SSSR count). The number of rotatable bonds is 32. The zero-order chi connectivity index (χ0) is 31.5. The molecule has 6 nitrogen and oxygen atoms in total. The first-order valence-corrected chi connectivity index (χ1v) is 18.1. The summed E-state index contributed by atoms with van der Waals surface area (Å²) in [5, 5.41) is 39.3. The molecule has 0 saturated carbocycles. The maximum Gasteiger partial charge on any atom is 2.00 e. The number of carbonyl (C=O) groups is 2. The largest absolute Gasteiger partial charge is 2.00 e. The van der Waals surface area contributed by atoms with Gasteiger partial charge in [0.2, 0.25) is 0 Å². The van der Waals surface area contributed by atoms with E-state index in [1.165, 1.54) is 141 Å². The van der Waals surface area contributed by atoms with E-state index in [-0.39, 0.29) is 50.6 Å². The molecule has 0 aliphatic carbocycles. The van der Waals surface area contributed by atoms with Crippen molar-refractivity contribution >= 4 is 49.7 Å². The van der Waals surface area contributed by atoms with Gasteiger partial charge in [0.1, 0.15) is 0 Å². The molecule has 0 fully saturated rings. The van der Waals surface area contributed by atoms with Crippen molar-refractivity contribution in [1.82, 2.24) is 0 Å². The minimum atomic E-state index is -1.16. The molecule has 0 bridgehead atoms. The zero-order valence-electron chi connectivity index (χ0n) is 28.6. The predicted octanol–water partition coefficient (Wildman–Crippen LogP) is 7.56. The van der Waals surface area contributed by atoms with Crippen LogP contribution in [0.5, 0.6) is 0 Å². The van der Waals surface area contributed by atoms with Gasteiger partial charge in [-0.3, -0.25) is 0 Å². The van der Waals surface area contributed by atoms with Crippen molar-refractivity contribution in [3.8, 4) is 0 Å². The van der Waals surface area contributed by atoms with Crippen molar-refractivity contribution in [2.24, 2.45) is 0 Å². The Labute approximate surface area is 296 Å². The molecule has 252 valence electrons. The molecular weight excluding hydrogens is 568 g/mol. The van der Waals surface area contributed by atoms with Crippen LogP contribution in [0.3, 0.4) is 0 Å². The van der Waals surface area contributed by atoms with Crippen LogP contribution in [0.1, 0.15) is 206 Å². The van der Waals surface area contributed by atoms with Crippen LogP contribution < -0.4 is 10.2 Å². The van der Waals surface area contributed by atoms with Gasteiger partial charge in [0.05, 0.1) is 12.2 Å². The summed E-state index contributed by atoms with van der Waals surface area (Å²) in [7, 11) is 0. The topological polar surface area (TPSA) is 121 Å². The fourth-order valence-electron chi connectivity index (χ4n) is 5.38.